The number of aliphatic hydroxyl groups is 1. The molecule has 158 valence electrons. The maximum atomic E-state index is 12.6. The van der Waals surface area contributed by atoms with E-state index in [-0.39, 0.29) is 13.4 Å². The standard InChI is InChI=1S/C24H21NO6/c26-22(24(28)29-14-16-11-12-19-20(13-16)31-15-30-19)21(17-7-3-1-4-8-17)25-23(27)18-9-5-2-6-10-18/h1-13,21-22,26H,14-15H2,(H,25,27)/t21-,22+/m0/s1. The average Bonchev–Trinajstić information content (AvgIpc) is 3.29. The smallest absolute Gasteiger partial charge is 0.337 e. The van der Waals surface area contributed by atoms with E-state index < -0.39 is 24.0 Å². The van der Waals surface area contributed by atoms with Gasteiger partial charge in [-0.1, -0.05) is 54.6 Å². The molecular formula is C24H21NO6. The zero-order valence-electron chi connectivity index (χ0n) is 16.6. The van der Waals surface area contributed by atoms with Crippen LogP contribution in [0, 0.1) is 0 Å². The molecule has 1 aliphatic rings. The number of amides is 1. The Morgan fingerprint density at radius 2 is 1.61 bits per heavy atom. The lowest BCUT2D eigenvalue weighted by Crippen LogP contribution is -2.41. The van der Waals surface area contributed by atoms with Crippen LogP contribution < -0.4 is 14.8 Å². The van der Waals surface area contributed by atoms with E-state index in [2.05, 4.69) is 5.32 Å². The first kappa shape index (κ1) is 20.4. The van der Waals surface area contributed by atoms with Crippen molar-refractivity contribution < 1.29 is 28.9 Å². The van der Waals surface area contributed by atoms with Crippen molar-refractivity contribution in [1.29, 1.82) is 0 Å². The number of rotatable bonds is 7. The summed E-state index contributed by atoms with van der Waals surface area (Å²) in [5.74, 6) is -0.0498. The molecule has 0 fully saturated rings. The minimum atomic E-state index is -1.59. The van der Waals surface area contributed by atoms with E-state index in [1.807, 2.05) is 6.07 Å². The van der Waals surface area contributed by atoms with Crippen molar-refractivity contribution in [2.45, 2.75) is 18.8 Å². The van der Waals surface area contributed by atoms with Crippen molar-refractivity contribution in [3.63, 3.8) is 0 Å². The monoisotopic (exact) mass is 419 g/mol. The van der Waals surface area contributed by atoms with Crippen LogP contribution in [0.25, 0.3) is 0 Å². The van der Waals surface area contributed by atoms with Crippen LogP contribution in [0.15, 0.2) is 78.9 Å². The molecule has 3 aromatic rings. The highest BCUT2D eigenvalue weighted by molar-refractivity contribution is 5.94. The molecule has 0 saturated carbocycles. The lowest BCUT2D eigenvalue weighted by Gasteiger charge is -2.23. The van der Waals surface area contributed by atoms with Crippen LogP contribution in [-0.4, -0.2) is 29.9 Å². The van der Waals surface area contributed by atoms with Gasteiger partial charge in [-0.3, -0.25) is 4.79 Å². The van der Waals surface area contributed by atoms with E-state index in [9.17, 15) is 14.7 Å². The fourth-order valence-electron chi connectivity index (χ4n) is 3.23. The summed E-state index contributed by atoms with van der Waals surface area (Å²) in [4.78, 5) is 25.2. The highest BCUT2D eigenvalue weighted by Gasteiger charge is 2.30. The molecule has 1 amide bonds. The summed E-state index contributed by atoms with van der Waals surface area (Å²) in [6.45, 7) is 0.0951. The van der Waals surface area contributed by atoms with Crippen molar-refractivity contribution >= 4 is 11.9 Å². The second-order valence-corrected chi connectivity index (χ2v) is 6.97. The number of carbonyl (C=O) groups is 2. The summed E-state index contributed by atoms with van der Waals surface area (Å²) in [5.41, 5.74) is 1.69. The van der Waals surface area contributed by atoms with E-state index in [1.165, 1.54) is 0 Å². The molecule has 3 aromatic carbocycles. The first-order valence-electron chi connectivity index (χ1n) is 9.76. The van der Waals surface area contributed by atoms with E-state index in [0.717, 1.165) is 0 Å². The lowest BCUT2D eigenvalue weighted by atomic mass is 10.0. The molecule has 1 aliphatic heterocycles. The summed E-state index contributed by atoms with van der Waals surface area (Å²) in [6.07, 6.45) is -1.59. The molecule has 0 unspecified atom stereocenters. The van der Waals surface area contributed by atoms with Gasteiger partial charge in [0, 0.05) is 5.56 Å². The number of aliphatic hydroxyl groups excluding tert-OH is 1. The molecule has 1 heterocycles. The summed E-state index contributed by atoms with van der Waals surface area (Å²) < 4.78 is 15.9. The first-order chi connectivity index (χ1) is 15.1. The van der Waals surface area contributed by atoms with Crippen molar-refractivity contribution in [1.82, 2.24) is 5.32 Å². The molecular weight excluding hydrogens is 398 g/mol. The van der Waals surface area contributed by atoms with Crippen LogP contribution in [0.2, 0.25) is 0 Å². The maximum absolute atomic E-state index is 12.6. The van der Waals surface area contributed by atoms with Crippen LogP contribution in [0.1, 0.15) is 27.5 Å². The number of carbonyl (C=O) groups excluding carboxylic acids is 2. The fraction of sp³-hybridized carbons (Fsp3) is 0.167. The van der Waals surface area contributed by atoms with E-state index >= 15 is 0 Å². The van der Waals surface area contributed by atoms with Crippen molar-refractivity contribution in [3.05, 3.63) is 95.6 Å². The summed E-state index contributed by atoms with van der Waals surface area (Å²) in [6, 6.07) is 21.6. The molecule has 31 heavy (non-hydrogen) atoms. The maximum Gasteiger partial charge on any atom is 0.337 e. The SMILES string of the molecule is O=C(N[C@@H](c1ccccc1)[C@@H](O)C(=O)OCc1ccc2c(c1)OCO2)c1ccccc1. The van der Waals surface area contributed by atoms with Gasteiger partial charge in [-0.25, -0.2) is 4.79 Å². The minimum absolute atomic E-state index is 0.0549. The van der Waals surface area contributed by atoms with Crippen LogP contribution in [0.4, 0.5) is 0 Å². The van der Waals surface area contributed by atoms with Crippen LogP contribution in [0.5, 0.6) is 11.5 Å². The molecule has 0 aromatic heterocycles. The second-order valence-electron chi connectivity index (χ2n) is 6.97. The molecule has 0 saturated heterocycles. The van der Waals surface area contributed by atoms with Crippen molar-refractivity contribution in [3.8, 4) is 11.5 Å². The van der Waals surface area contributed by atoms with Gasteiger partial charge in [0.15, 0.2) is 17.6 Å². The Hall–Kier alpha value is -3.84. The van der Waals surface area contributed by atoms with Crippen molar-refractivity contribution in [2.24, 2.45) is 0 Å². The van der Waals surface area contributed by atoms with Gasteiger partial charge < -0.3 is 24.6 Å². The van der Waals surface area contributed by atoms with Gasteiger partial charge in [-0.15, -0.1) is 0 Å². The summed E-state index contributed by atoms with van der Waals surface area (Å²) >= 11 is 0. The molecule has 2 N–H and O–H groups in total. The Morgan fingerprint density at radius 1 is 0.935 bits per heavy atom. The van der Waals surface area contributed by atoms with Gasteiger partial charge in [-0.05, 0) is 35.4 Å². The number of hydrogen-bond donors (Lipinski definition) is 2. The average molecular weight is 419 g/mol. The highest BCUT2D eigenvalue weighted by atomic mass is 16.7. The summed E-state index contributed by atoms with van der Waals surface area (Å²) in [5, 5.41) is 13.5. The number of nitrogens with one attached hydrogen (secondary N) is 1. The third kappa shape index (κ3) is 4.84. The summed E-state index contributed by atoms with van der Waals surface area (Å²) in [7, 11) is 0. The Balaban J connectivity index is 1.46. The Kier molecular flexibility index (Phi) is 6.14. The molecule has 0 aliphatic carbocycles. The first-order valence-corrected chi connectivity index (χ1v) is 9.76. The van der Waals surface area contributed by atoms with Crippen LogP contribution in [-0.2, 0) is 16.1 Å². The number of fused-ring (bicyclic) bond motifs is 1. The zero-order chi connectivity index (χ0) is 21.6. The molecule has 7 heteroatoms. The molecule has 0 radical (unpaired) electrons. The zero-order valence-corrected chi connectivity index (χ0v) is 16.6. The number of esters is 1. The van der Waals surface area contributed by atoms with Gasteiger partial charge in [0.1, 0.15) is 6.61 Å². The second kappa shape index (κ2) is 9.32. The number of benzene rings is 3. The molecule has 0 bridgehead atoms. The largest absolute Gasteiger partial charge is 0.459 e. The van der Waals surface area contributed by atoms with Crippen molar-refractivity contribution in [2.75, 3.05) is 6.79 Å². The topological polar surface area (TPSA) is 94.1 Å². The van der Waals surface area contributed by atoms with Gasteiger partial charge in [-0.2, -0.15) is 0 Å². The normalized spacial score (nSPS) is 13.8. The Labute approximate surface area is 179 Å². The van der Waals surface area contributed by atoms with Gasteiger partial charge >= 0.3 is 5.97 Å². The minimum Gasteiger partial charge on any atom is -0.459 e. The van der Waals surface area contributed by atoms with E-state index in [0.29, 0.717) is 28.2 Å². The fourth-order valence-corrected chi connectivity index (χ4v) is 3.23. The molecule has 0 spiro atoms. The molecule has 7 nitrogen and oxygen atoms in total. The molecule has 4 rings (SSSR count). The number of ether oxygens (including phenoxy) is 3. The Bertz CT molecular complexity index is 1050. The van der Waals surface area contributed by atoms with Crippen LogP contribution in [0.3, 0.4) is 0 Å². The van der Waals surface area contributed by atoms with Gasteiger partial charge in [0.25, 0.3) is 5.91 Å². The predicted octanol–water partition coefficient (Wildman–Crippen LogP) is 2.99. The van der Waals surface area contributed by atoms with Crippen LogP contribution >= 0.6 is 0 Å². The number of hydrogen-bond acceptors (Lipinski definition) is 6. The Morgan fingerprint density at radius 3 is 2.35 bits per heavy atom. The highest BCUT2D eigenvalue weighted by Crippen LogP contribution is 2.32. The third-order valence-electron chi connectivity index (χ3n) is 4.86. The predicted molar refractivity (Wildman–Crippen MR) is 111 cm³/mol. The quantitative estimate of drug-likeness (QED) is 0.572. The lowest BCUT2D eigenvalue weighted by molar-refractivity contribution is -0.156. The van der Waals surface area contributed by atoms with E-state index in [4.69, 9.17) is 14.2 Å². The third-order valence-corrected chi connectivity index (χ3v) is 4.86. The van der Waals surface area contributed by atoms with Gasteiger partial charge in [0.2, 0.25) is 6.79 Å². The van der Waals surface area contributed by atoms with E-state index in [1.54, 1.807) is 72.8 Å². The van der Waals surface area contributed by atoms with Gasteiger partial charge in [0.05, 0.1) is 6.04 Å². The molecule has 2 atom stereocenters.